The standard InChI is InChI=1S/C8H16N2O2/c1-6-3-4-7(5-10(6)9)8(11)12-2/h6-7H,3-5,9H2,1-2H3. The summed E-state index contributed by atoms with van der Waals surface area (Å²) in [4.78, 5) is 11.1. The molecular weight excluding hydrogens is 156 g/mol. The third-order valence-corrected chi connectivity index (χ3v) is 2.46. The van der Waals surface area contributed by atoms with E-state index in [4.69, 9.17) is 5.84 Å². The van der Waals surface area contributed by atoms with Crippen molar-refractivity contribution in [3.63, 3.8) is 0 Å². The summed E-state index contributed by atoms with van der Waals surface area (Å²) in [7, 11) is 1.42. The van der Waals surface area contributed by atoms with E-state index in [1.54, 1.807) is 5.01 Å². The first-order valence-corrected chi connectivity index (χ1v) is 4.24. The highest BCUT2D eigenvalue weighted by molar-refractivity contribution is 5.72. The Morgan fingerprint density at radius 1 is 1.58 bits per heavy atom. The highest BCUT2D eigenvalue weighted by Gasteiger charge is 2.28. The summed E-state index contributed by atoms with van der Waals surface area (Å²) < 4.78 is 4.65. The third-order valence-electron chi connectivity index (χ3n) is 2.46. The molecule has 70 valence electrons. The largest absolute Gasteiger partial charge is 0.469 e. The molecule has 12 heavy (non-hydrogen) atoms. The van der Waals surface area contributed by atoms with Gasteiger partial charge in [-0.15, -0.1) is 0 Å². The number of piperidine rings is 1. The molecule has 0 radical (unpaired) electrons. The molecule has 0 aromatic carbocycles. The molecule has 0 aliphatic carbocycles. The number of carbonyl (C=O) groups excluding carboxylic acids is 1. The maximum atomic E-state index is 11.1. The molecule has 0 spiro atoms. The van der Waals surface area contributed by atoms with Gasteiger partial charge in [0.1, 0.15) is 0 Å². The summed E-state index contributed by atoms with van der Waals surface area (Å²) in [5.41, 5.74) is 0. The van der Waals surface area contributed by atoms with E-state index in [9.17, 15) is 4.79 Å². The summed E-state index contributed by atoms with van der Waals surface area (Å²) in [6, 6.07) is 0.380. The zero-order valence-electron chi connectivity index (χ0n) is 7.62. The Bertz CT molecular complexity index is 172. The minimum Gasteiger partial charge on any atom is -0.469 e. The first kappa shape index (κ1) is 9.48. The molecule has 0 aromatic heterocycles. The number of hydrogen-bond acceptors (Lipinski definition) is 4. The van der Waals surface area contributed by atoms with Crippen molar-refractivity contribution in [1.29, 1.82) is 0 Å². The van der Waals surface area contributed by atoms with Crippen LogP contribution in [0.15, 0.2) is 0 Å². The fourth-order valence-electron chi connectivity index (χ4n) is 1.49. The van der Waals surface area contributed by atoms with E-state index in [2.05, 4.69) is 11.7 Å². The van der Waals surface area contributed by atoms with Crippen molar-refractivity contribution in [2.45, 2.75) is 25.8 Å². The number of carbonyl (C=O) groups is 1. The number of hydrogen-bond donors (Lipinski definition) is 1. The van der Waals surface area contributed by atoms with E-state index in [1.165, 1.54) is 7.11 Å². The predicted molar refractivity (Wildman–Crippen MR) is 45.1 cm³/mol. The second kappa shape index (κ2) is 3.87. The van der Waals surface area contributed by atoms with Gasteiger partial charge in [0.05, 0.1) is 13.0 Å². The Labute approximate surface area is 72.6 Å². The smallest absolute Gasteiger partial charge is 0.310 e. The number of rotatable bonds is 1. The van der Waals surface area contributed by atoms with Crippen LogP contribution in [0.25, 0.3) is 0 Å². The highest BCUT2D eigenvalue weighted by atomic mass is 16.5. The van der Waals surface area contributed by atoms with Gasteiger partial charge in [-0.1, -0.05) is 0 Å². The Kier molecular flexibility index (Phi) is 3.05. The van der Waals surface area contributed by atoms with E-state index in [1.807, 2.05) is 0 Å². The number of nitrogens with two attached hydrogens (primary N) is 1. The van der Waals surface area contributed by atoms with Crippen molar-refractivity contribution in [2.75, 3.05) is 13.7 Å². The Morgan fingerprint density at radius 3 is 2.75 bits per heavy atom. The average Bonchev–Trinajstić information content (AvgIpc) is 2.08. The van der Waals surface area contributed by atoms with E-state index in [0.29, 0.717) is 12.6 Å². The fraction of sp³-hybridized carbons (Fsp3) is 0.875. The van der Waals surface area contributed by atoms with Crippen molar-refractivity contribution in [3.05, 3.63) is 0 Å². The van der Waals surface area contributed by atoms with Crippen LogP contribution in [0, 0.1) is 5.92 Å². The van der Waals surface area contributed by atoms with Crippen LogP contribution in [0.5, 0.6) is 0 Å². The zero-order valence-corrected chi connectivity index (χ0v) is 7.62. The molecule has 1 saturated heterocycles. The van der Waals surface area contributed by atoms with Gasteiger partial charge in [0, 0.05) is 12.6 Å². The zero-order chi connectivity index (χ0) is 9.14. The molecular formula is C8H16N2O2. The minimum atomic E-state index is -0.141. The topological polar surface area (TPSA) is 55.6 Å². The molecule has 4 heteroatoms. The molecule has 4 nitrogen and oxygen atoms in total. The Hall–Kier alpha value is -0.610. The van der Waals surface area contributed by atoms with Gasteiger partial charge in [-0.2, -0.15) is 0 Å². The summed E-state index contributed by atoms with van der Waals surface area (Å²) >= 11 is 0. The molecule has 1 rings (SSSR count). The predicted octanol–water partition coefficient (Wildman–Crippen LogP) is 0.134. The van der Waals surface area contributed by atoms with Crippen molar-refractivity contribution < 1.29 is 9.53 Å². The van der Waals surface area contributed by atoms with E-state index >= 15 is 0 Å². The maximum Gasteiger partial charge on any atom is 0.310 e. The fourth-order valence-corrected chi connectivity index (χ4v) is 1.49. The van der Waals surface area contributed by atoms with Gasteiger partial charge < -0.3 is 4.74 Å². The van der Waals surface area contributed by atoms with Crippen molar-refractivity contribution >= 4 is 5.97 Å². The maximum absolute atomic E-state index is 11.1. The monoisotopic (exact) mass is 172 g/mol. The first-order chi connectivity index (χ1) is 5.65. The Morgan fingerprint density at radius 2 is 2.25 bits per heavy atom. The molecule has 1 heterocycles. The second-order valence-electron chi connectivity index (χ2n) is 3.34. The molecule has 2 N–H and O–H groups in total. The molecule has 2 atom stereocenters. The molecule has 0 amide bonds. The van der Waals surface area contributed by atoms with Gasteiger partial charge >= 0.3 is 5.97 Å². The molecule has 1 aliphatic rings. The van der Waals surface area contributed by atoms with Gasteiger partial charge in [0.25, 0.3) is 0 Å². The average molecular weight is 172 g/mol. The van der Waals surface area contributed by atoms with Gasteiger partial charge in [-0.3, -0.25) is 10.6 Å². The van der Waals surface area contributed by atoms with Crippen LogP contribution in [-0.4, -0.2) is 30.7 Å². The van der Waals surface area contributed by atoms with Crippen molar-refractivity contribution in [1.82, 2.24) is 5.01 Å². The lowest BCUT2D eigenvalue weighted by molar-refractivity contribution is -0.147. The van der Waals surface area contributed by atoms with Crippen molar-refractivity contribution in [3.8, 4) is 0 Å². The number of hydrazine groups is 1. The van der Waals surface area contributed by atoms with Crippen LogP contribution in [0.3, 0.4) is 0 Å². The van der Waals surface area contributed by atoms with Crippen LogP contribution in [0.1, 0.15) is 19.8 Å². The van der Waals surface area contributed by atoms with Crippen molar-refractivity contribution in [2.24, 2.45) is 11.8 Å². The third kappa shape index (κ3) is 1.95. The van der Waals surface area contributed by atoms with Crippen LogP contribution in [0.4, 0.5) is 0 Å². The van der Waals surface area contributed by atoms with E-state index in [0.717, 1.165) is 12.8 Å². The van der Waals surface area contributed by atoms with Crippen LogP contribution in [0.2, 0.25) is 0 Å². The number of esters is 1. The molecule has 0 saturated carbocycles. The Balaban J connectivity index is 2.45. The van der Waals surface area contributed by atoms with Crippen LogP contribution >= 0.6 is 0 Å². The molecule has 2 unspecified atom stereocenters. The first-order valence-electron chi connectivity index (χ1n) is 4.24. The van der Waals surface area contributed by atoms with Gasteiger partial charge in [-0.25, -0.2) is 5.01 Å². The lowest BCUT2D eigenvalue weighted by Gasteiger charge is -2.33. The second-order valence-corrected chi connectivity index (χ2v) is 3.34. The van der Waals surface area contributed by atoms with E-state index in [-0.39, 0.29) is 11.9 Å². The number of nitrogens with zero attached hydrogens (tertiary/aromatic N) is 1. The summed E-state index contributed by atoms with van der Waals surface area (Å²) in [6.45, 7) is 2.68. The molecule has 1 aliphatic heterocycles. The number of ether oxygens (including phenoxy) is 1. The normalized spacial score (nSPS) is 31.6. The summed E-state index contributed by atoms with van der Waals surface area (Å²) in [5.74, 6) is 5.51. The minimum absolute atomic E-state index is 0.0313. The summed E-state index contributed by atoms with van der Waals surface area (Å²) in [6.07, 6.45) is 1.86. The van der Waals surface area contributed by atoms with Gasteiger partial charge in [0.15, 0.2) is 0 Å². The summed E-state index contributed by atoms with van der Waals surface area (Å²) in [5, 5.41) is 1.71. The van der Waals surface area contributed by atoms with E-state index < -0.39 is 0 Å². The van der Waals surface area contributed by atoms with Gasteiger partial charge in [-0.05, 0) is 19.8 Å². The van der Waals surface area contributed by atoms with Gasteiger partial charge in [0.2, 0.25) is 0 Å². The number of methoxy groups -OCH3 is 1. The SMILES string of the molecule is COC(=O)C1CCC(C)N(N)C1. The molecule has 1 fully saturated rings. The highest BCUT2D eigenvalue weighted by Crippen LogP contribution is 2.19. The molecule has 0 aromatic rings. The van der Waals surface area contributed by atoms with Crippen LogP contribution in [-0.2, 0) is 9.53 Å². The lowest BCUT2D eigenvalue weighted by atomic mass is 9.95. The molecule has 0 bridgehead atoms. The van der Waals surface area contributed by atoms with Crippen LogP contribution < -0.4 is 5.84 Å². The quantitative estimate of drug-likeness (QED) is 0.451. The lowest BCUT2D eigenvalue weighted by Crippen LogP contribution is -2.48.